The second-order valence-electron chi connectivity index (χ2n) is 2.03. The second-order valence-corrected chi connectivity index (χ2v) is 2.03. The molecule has 0 saturated carbocycles. The zero-order chi connectivity index (χ0) is 8.81. The summed E-state index contributed by atoms with van der Waals surface area (Å²) in [5, 5.41) is 2.72. The van der Waals surface area contributed by atoms with Gasteiger partial charge in [-0.25, -0.2) is 0 Å². The van der Waals surface area contributed by atoms with Crippen LogP contribution in [0.25, 0.3) is 0 Å². The summed E-state index contributed by atoms with van der Waals surface area (Å²) in [7, 11) is 0. The summed E-state index contributed by atoms with van der Waals surface area (Å²) in [5.74, 6) is 0. The van der Waals surface area contributed by atoms with Crippen molar-refractivity contribution in [1.82, 2.24) is 5.43 Å². The van der Waals surface area contributed by atoms with E-state index in [1.807, 2.05) is 0 Å². The molecule has 0 aliphatic carbocycles. The van der Waals surface area contributed by atoms with Crippen LogP contribution in [-0.4, -0.2) is 6.41 Å². The molecule has 1 amide bonds. The zero-order valence-corrected chi connectivity index (χ0v) is 6.15. The number of hydrazine groups is 1. The number of anilines is 1. The molecule has 1 rings (SSSR count). The van der Waals surface area contributed by atoms with Crippen LogP contribution in [0.3, 0.4) is 0 Å². The van der Waals surface area contributed by atoms with Crippen molar-refractivity contribution in [3.05, 3.63) is 29.2 Å². The predicted octanol–water partition coefficient (Wildman–Crippen LogP) is 1.16. The number of carbonyl (C=O) groups is 1. The molecular weight excluding hydrogens is 158 g/mol. The number of nitroso groups, excluding NO2 is 1. The van der Waals surface area contributed by atoms with E-state index in [0.717, 1.165) is 0 Å². The standard InChI is InChI=1S/C7H7N3O2/c11-5-8-9-6-1-3-7(10-12)4-2-6/h1-5,9H,(H,8,11). The summed E-state index contributed by atoms with van der Waals surface area (Å²) in [5.41, 5.74) is 5.89. The Hall–Kier alpha value is -1.91. The highest BCUT2D eigenvalue weighted by Gasteiger charge is 1.91. The lowest BCUT2D eigenvalue weighted by Gasteiger charge is -2.01. The molecular formula is C7H7N3O2. The van der Waals surface area contributed by atoms with Crippen molar-refractivity contribution in [1.29, 1.82) is 0 Å². The third kappa shape index (κ3) is 2.05. The first-order valence-electron chi connectivity index (χ1n) is 3.25. The number of hydrogen-bond acceptors (Lipinski definition) is 4. The normalized spacial score (nSPS) is 8.67. The fourth-order valence-electron chi connectivity index (χ4n) is 0.718. The first-order valence-corrected chi connectivity index (χ1v) is 3.25. The number of nitrogens with zero attached hydrogens (tertiary/aromatic N) is 1. The molecule has 1 aromatic rings. The number of amides is 1. The topological polar surface area (TPSA) is 70.6 Å². The van der Waals surface area contributed by atoms with Crippen molar-refractivity contribution in [3.8, 4) is 0 Å². The summed E-state index contributed by atoms with van der Waals surface area (Å²) < 4.78 is 0. The van der Waals surface area contributed by atoms with Crippen LogP contribution in [0.2, 0.25) is 0 Å². The maximum absolute atomic E-state index is 9.99. The Morgan fingerprint density at radius 3 is 2.42 bits per heavy atom. The molecule has 1 aromatic carbocycles. The number of carbonyl (C=O) groups excluding carboxylic acids is 1. The van der Waals surface area contributed by atoms with Gasteiger partial charge in [0.1, 0.15) is 5.69 Å². The van der Waals surface area contributed by atoms with E-state index in [9.17, 15) is 9.70 Å². The Labute approximate surface area is 68.7 Å². The first-order chi connectivity index (χ1) is 5.86. The molecule has 62 valence electrons. The molecule has 0 unspecified atom stereocenters. The van der Waals surface area contributed by atoms with E-state index in [4.69, 9.17) is 0 Å². The first kappa shape index (κ1) is 8.19. The lowest BCUT2D eigenvalue weighted by molar-refractivity contribution is -0.109. The molecule has 0 saturated heterocycles. The van der Waals surface area contributed by atoms with E-state index < -0.39 is 0 Å². The van der Waals surface area contributed by atoms with Gasteiger partial charge in [0.15, 0.2) is 0 Å². The predicted molar refractivity (Wildman–Crippen MR) is 44.7 cm³/mol. The lowest BCUT2D eigenvalue weighted by atomic mass is 10.3. The average Bonchev–Trinajstić information content (AvgIpc) is 2.15. The Balaban J connectivity index is 2.64. The summed E-state index contributed by atoms with van der Waals surface area (Å²) >= 11 is 0. The molecule has 0 aliphatic rings. The van der Waals surface area contributed by atoms with Crippen molar-refractivity contribution in [3.63, 3.8) is 0 Å². The van der Waals surface area contributed by atoms with Gasteiger partial charge in [0.25, 0.3) is 0 Å². The Bertz CT molecular complexity index is 270. The van der Waals surface area contributed by atoms with Crippen molar-refractivity contribution in [2.45, 2.75) is 0 Å². The maximum Gasteiger partial charge on any atom is 0.225 e. The highest BCUT2D eigenvalue weighted by atomic mass is 16.3. The van der Waals surface area contributed by atoms with Crippen molar-refractivity contribution < 1.29 is 4.79 Å². The minimum absolute atomic E-state index is 0.353. The molecule has 0 atom stereocenters. The second kappa shape index (κ2) is 4.07. The molecule has 5 nitrogen and oxygen atoms in total. The number of hydrogen-bond donors (Lipinski definition) is 2. The molecule has 12 heavy (non-hydrogen) atoms. The highest BCUT2D eigenvalue weighted by Crippen LogP contribution is 2.14. The molecule has 0 radical (unpaired) electrons. The minimum atomic E-state index is 0.353. The van der Waals surface area contributed by atoms with E-state index in [1.54, 1.807) is 24.3 Å². The third-order valence-electron chi connectivity index (χ3n) is 1.25. The molecule has 0 aromatic heterocycles. The monoisotopic (exact) mass is 165 g/mol. The SMILES string of the molecule is O=CNNc1ccc(N=O)cc1. The largest absolute Gasteiger partial charge is 0.299 e. The van der Waals surface area contributed by atoms with Crippen molar-refractivity contribution >= 4 is 17.8 Å². The van der Waals surface area contributed by atoms with E-state index in [1.165, 1.54) is 0 Å². The molecule has 0 fully saturated rings. The van der Waals surface area contributed by atoms with E-state index in [2.05, 4.69) is 16.0 Å². The van der Waals surface area contributed by atoms with Crippen LogP contribution in [0.15, 0.2) is 29.4 Å². The van der Waals surface area contributed by atoms with Gasteiger partial charge in [-0.1, -0.05) is 0 Å². The molecule has 5 heteroatoms. The fraction of sp³-hybridized carbons (Fsp3) is 0. The van der Waals surface area contributed by atoms with Gasteiger partial charge in [0.05, 0.1) is 5.69 Å². The summed E-state index contributed by atoms with van der Waals surface area (Å²) in [6.45, 7) is 0. The van der Waals surface area contributed by atoms with Crippen LogP contribution < -0.4 is 10.9 Å². The molecule has 2 N–H and O–H groups in total. The molecule has 0 spiro atoms. The van der Waals surface area contributed by atoms with Crippen LogP contribution in [0.1, 0.15) is 0 Å². The summed E-state index contributed by atoms with van der Waals surface area (Å²) in [4.78, 5) is 19.8. The van der Waals surface area contributed by atoms with Crippen LogP contribution in [0, 0.1) is 4.91 Å². The highest BCUT2D eigenvalue weighted by molar-refractivity contribution is 5.55. The van der Waals surface area contributed by atoms with Gasteiger partial charge >= 0.3 is 0 Å². The van der Waals surface area contributed by atoms with Crippen LogP contribution in [0.4, 0.5) is 11.4 Å². The van der Waals surface area contributed by atoms with Crippen molar-refractivity contribution in [2.75, 3.05) is 5.43 Å². The van der Waals surface area contributed by atoms with Crippen molar-refractivity contribution in [2.24, 2.45) is 5.18 Å². The maximum atomic E-state index is 9.99. The smallest absolute Gasteiger partial charge is 0.225 e. The lowest BCUT2D eigenvalue weighted by Crippen LogP contribution is -2.18. The fourth-order valence-corrected chi connectivity index (χ4v) is 0.718. The van der Waals surface area contributed by atoms with Gasteiger partial charge in [-0.3, -0.25) is 15.6 Å². The summed E-state index contributed by atoms with van der Waals surface area (Å²) in [6.07, 6.45) is 0.520. The Morgan fingerprint density at radius 1 is 1.25 bits per heavy atom. The van der Waals surface area contributed by atoms with Gasteiger partial charge < -0.3 is 0 Å². The van der Waals surface area contributed by atoms with Gasteiger partial charge in [0.2, 0.25) is 6.41 Å². The quantitative estimate of drug-likeness (QED) is 0.399. The van der Waals surface area contributed by atoms with Gasteiger partial charge in [-0.05, 0) is 29.4 Å². The van der Waals surface area contributed by atoms with Crippen LogP contribution in [0.5, 0.6) is 0 Å². The number of benzene rings is 1. The van der Waals surface area contributed by atoms with Gasteiger partial charge in [-0.2, -0.15) is 0 Å². The number of nitrogens with one attached hydrogen (secondary N) is 2. The van der Waals surface area contributed by atoms with E-state index in [0.29, 0.717) is 17.8 Å². The molecule has 0 aliphatic heterocycles. The minimum Gasteiger partial charge on any atom is -0.299 e. The van der Waals surface area contributed by atoms with Gasteiger partial charge in [-0.15, -0.1) is 4.91 Å². The Kier molecular flexibility index (Phi) is 2.78. The average molecular weight is 165 g/mol. The summed E-state index contributed by atoms with van der Waals surface area (Å²) in [6, 6.07) is 6.35. The zero-order valence-electron chi connectivity index (χ0n) is 6.15. The van der Waals surface area contributed by atoms with Gasteiger partial charge in [0, 0.05) is 0 Å². The van der Waals surface area contributed by atoms with Crippen LogP contribution >= 0.6 is 0 Å². The molecule has 0 bridgehead atoms. The van der Waals surface area contributed by atoms with E-state index >= 15 is 0 Å². The van der Waals surface area contributed by atoms with Crippen LogP contribution in [-0.2, 0) is 4.79 Å². The van der Waals surface area contributed by atoms with E-state index in [-0.39, 0.29) is 0 Å². The third-order valence-corrected chi connectivity index (χ3v) is 1.25. The molecule has 0 heterocycles. The Morgan fingerprint density at radius 2 is 1.92 bits per heavy atom. The number of rotatable bonds is 4.